The van der Waals surface area contributed by atoms with E-state index in [1.165, 1.54) is 7.05 Å². The minimum atomic E-state index is 0.426. The van der Waals surface area contributed by atoms with Crippen LogP contribution in [0.1, 0.15) is 16.2 Å². The van der Waals surface area contributed by atoms with Gasteiger partial charge in [-0.15, -0.1) is 11.3 Å². The zero-order valence-corrected chi connectivity index (χ0v) is 18.0. The standard InChI is InChI=1S/C18H14N4OS.CH5N.CH4S/c1-11-17(24-18(20-11)12-4-3-6-19-9-12)16-14-5-7-22(2)15(14)8-13(10-23)21-16;2*1-2/h3-10H,1-2H3;2H2,1H3;2H,1H3. The molecule has 8 heteroatoms. The Morgan fingerprint density at radius 2 is 1.96 bits per heavy atom. The molecule has 0 fully saturated rings. The largest absolute Gasteiger partial charge is 0.350 e. The van der Waals surface area contributed by atoms with Crippen LogP contribution in [0.2, 0.25) is 0 Å². The number of thiol groups is 1. The van der Waals surface area contributed by atoms with Gasteiger partial charge in [0, 0.05) is 36.6 Å². The number of aromatic nitrogens is 4. The summed E-state index contributed by atoms with van der Waals surface area (Å²) in [6, 6.07) is 7.72. The summed E-state index contributed by atoms with van der Waals surface area (Å²) in [7, 11) is 3.46. The summed E-state index contributed by atoms with van der Waals surface area (Å²) < 4.78 is 1.99. The molecule has 0 aliphatic heterocycles. The first-order valence-corrected chi connectivity index (χ1v) is 10.2. The summed E-state index contributed by atoms with van der Waals surface area (Å²) in [4.78, 5) is 25.6. The maximum atomic E-state index is 11.3. The van der Waals surface area contributed by atoms with E-state index in [4.69, 9.17) is 0 Å². The van der Waals surface area contributed by atoms with E-state index in [0.717, 1.165) is 44.0 Å². The number of aldehydes is 1. The topological polar surface area (TPSA) is 86.7 Å². The maximum Gasteiger partial charge on any atom is 0.168 e. The third-order valence-corrected chi connectivity index (χ3v) is 5.16. The molecule has 0 atom stereocenters. The Labute approximate surface area is 173 Å². The lowest BCUT2D eigenvalue weighted by atomic mass is 10.1. The van der Waals surface area contributed by atoms with Crippen LogP contribution < -0.4 is 5.73 Å². The molecule has 0 bridgehead atoms. The molecule has 0 aliphatic carbocycles. The summed E-state index contributed by atoms with van der Waals surface area (Å²) in [5.74, 6) is 0. The number of carbonyl (C=O) groups is 1. The number of carbonyl (C=O) groups excluding carboxylic acids is 1. The van der Waals surface area contributed by atoms with Gasteiger partial charge in [-0.05, 0) is 44.5 Å². The van der Waals surface area contributed by atoms with Crippen LogP contribution >= 0.6 is 24.0 Å². The number of nitrogens with zero attached hydrogens (tertiary/aromatic N) is 4. The molecule has 0 aliphatic rings. The smallest absolute Gasteiger partial charge is 0.168 e. The fourth-order valence-electron chi connectivity index (χ4n) is 2.75. The maximum absolute atomic E-state index is 11.3. The third kappa shape index (κ3) is 4.30. The van der Waals surface area contributed by atoms with Crippen molar-refractivity contribution in [2.45, 2.75) is 6.92 Å². The second kappa shape index (κ2) is 10.1. The molecule has 0 amide bonds. The highest BCUT2D eigenvalue weighted by Gasteiger charge is 2.17. The zero-order valence-electron chi connectivity index (χ0n) is 16.2. The lowest BCUT2D eigenvalue weighted by Gasteiger charge is -2.04. The van der Waals surface area contributed by atoms with Crippen LogP contribution in [0.25, 0.3) is 32.0 Å². The van der Waals surface area contributed by atoms with Gasteiger partial charge in [-0.25, -0.2) is 9.97 Å². The molecule has 28 heavy (non-hydrogen) atoms. The van der Waals surface area contributed by atoms with Gasteiger partial charge < -0.3 is 10.3 Å². The van der Waals surface area contributed by atoms with Gasteiger partial charge in [-0.3, -0.25) is 9.78 Å². The Morgan fingerprint density at radius 3 is 2.61 bits per heavy atom. The van der Waals surface area contributed by atoms with E-state index in [1.54, 1.807) is 30.0 Å². The van der Waals surface area contributed by atoms with E-state index < -0.39 is 0 Å². The fourth-order valence-corrected chi connectivity index (χ4v) is 3.81. The molecule has 0 spiro atoms. The van der Waals surface area contributed by atoms with Crippen molar-refractivity contribution in [3.63, 3.8) is 0 Å². The van der Waals surface area contributed by atoms with Crippen molar-refractivity contribution in [2.24, 2.45) is 12.8 Å². The molecule has 4 heterocycles. The molecule has 6 nitrogen and oxygen atoms in total. The Kier molecular flexibility index (Phi) is 7.86. The number of fused-ring (bicyclic) bond motifs is 1. The van der Waals surface area contributed by atoms with Crippen molar-refractivity contribution in [3.8, 4) is 21.1 Å². The fraction of sp³-hybridized carbons (Fsp3) is 0.200. The first-order chi connectivity index (χ1) is 13.7. The number of nitrogens with two attached hydrogens (primary N) is 1. The Morgan fingerprint density at radius 1 is 1.21 bits per heavy atom. The van der Waals surface area contributed by atoms with Crippen LogP contribution in [0.15, 0.2) is 42.9 Å². The normalized spacial score (nSPS) is 9.93. The van der Waals surface area contributed by atoms with Crippen LogP contribution in [-0.2, 0) is 7.05 Å². The monoisotopic (exact) mass is 413 g/mol. The molecule has 4 rings (SSSR count). The highest BCUT2D eigenvalue weighted by Crippen LogP contribution is 2.37. The summed E-state index contributed by atoms with van der Waals surface area (Å²) in [5.41, 5.74) is 8.60. The summed E-state index contributed by atoms with van der Waals surface area (Å²) in [5, 5.41) is 1.92. The van der Waals surface area contributed by atoms with Crippen molar-refractivity contribution < 1.29 is 4.79 Å². The Bertz CT molecular complexity index is 1060. The molecule has 146 valence electrons. The lowest BCUT2D eigenvalue weighted by Crippen LogP contribution is -1.94. The number of hydrogen-bond donors (Lipinski definition) is 2. The van der Waals surface area contributed by atoms with Crippen molar-refractivity contribution in [3.05, 3.63) is 54.2 Å². The minimum absolute atomic E-state index is 0.426. The number of aryl methyl sites for hydroxylation is 2. The molecule has 0 radical (unpaired) electrons. The van der Waals surface area contributed by atoms with E-state index in [9.17, 15) is 4.79 Å². The van der Waals surface area contributed by atoms with Crippen LogP contribution in [-0.4, -0.2) is 39.1 Å². The molecule has 2 N–H and O–H groups in total. The predicted octanol–water partition coefficient (Wildman–Crippen LogP) is 4.00. The summed E-state index contributed by atoms with van der Waals surface area (Å²) >= 11 is 5.10. The van der Waals surface area contributed by atoms with Crippen molar-refractivity contribution in [1.29, 1.82) is 0 Å². The van der Waals surface area contributed by atoms with Gasteiger partial charge in [-0.1, -0.05) is 0 Å². The second-order valence-electron chi connectivity index (χ2n) is 5.55. The van der Waals surface area contributed by atoms with Gasteiger partial charge in [0.15, 0.2) is 6.29 Å². The first-order valence-electron chi connectivity index (χ1n) is 8.49. The van der Waals surface area contributed by atoms with Crippen LogP contribution in [0.3, 0.4) is 0 Å². The van der Waals surface area contributed by atoms with Gasteiger partial charge in [0.25, 0.3) is 0 Å². The van der Waals surface area contributed by atoms with Gasteiger partial charge in [0.05, 0.1) is 21.8 Å². The van der Waals surface area contributed by atoms with Crippen LogP contribution in [0.5, 0.6) is 0 Å². The molecule has 4 aromatic heterocycles. The quantitative estimate of drug-likeness (QED) is 0.392. The molecule has 0 unspecified atom stereocenters. The summed E-state index contributed by atoms with van der Waals surface area (Å²) in [6.07, 6.45) is 8.00. The van der Waals surface area contributed by atoms with E-state index >= 15 is 0 Å². The Balaban J connectivity index is 0.000000660. The first kappa shape index (κ1) is 21.7. The second-order valence-corrected chi connectivity index (χ2v) is 6.55. The molecular formula is C20H23N5OS2. The SMILES string of the molecule is CN.CS.Cc1nc(-c2cccnc2)sc1-c1nc(C=O)cc2c1ccn2C. The highest BCUT2D eigenvalue weighted by atomic mass is 32.1. The zero-order chi connectivity index (χ0) is 20.7. The lowest BCUT2D eigenvalue weighted by molar-refractivity contribution is 0.111. The minimum Gasteiger partial charge on any atom is -0.350 e. The van der Waals surface area contributed by atoms with E-state index in [1.807, 2.05) is 49.0 Å². The average molecular weight is 414 g/mol. The van der Waals surface area contributed by atoms with Gasteiger partial charge in [-0.2, -0.15) is 12.6 Å². The van der Waals surface area contributed by atoms with E-state index in [-0.39, 0.29) is 0 Å². The van der Waals surface area contributed by atoms with E-state index in [0.29, 0.717) is 5.69 Å². The molecule has 0 saturated carbocycles. The number of hydrogen-bond acceptors (Lipinski definition) is 7. The van der Waals surface area contributed by atoms with Crippen LogP contribution in [0.4, 0.5) is 0 Å². The third-order valence-electron chi connectivity index (χ3n) is 3.94. The summed E-state index contributed by atoms with van der Waals surface area (Å²) in [6.45, 7) is 1.97. The molecular weight excluding hydrogens is 390 g/mol. The number of rotatable bonds is 3. The number of thiazole rings is 1. The van der Waals surface area contributed by atoms with Crippen molar-refractivity contribution in [1.82, 2.24) is 19.5 Å². The van der Waals surface area contributed by atoms with Crippen molar-refractivity contribution in [2.75, 3.05) is 13.3 Å². The molecule has 0 aromatic carbocycles. The molecule has 0 saturated heterocycles. The van der Waals surface area contributed by atoms with Gasteiger partial charge in [0.1, 0.15) is 10.7 Å². The van der Waals surface area contributed by atoms with Crippen LogP contribution in [0, 0.1) is 6.92 Å². The van der Waals surface area contributed by atoms with Crippen molar-refractivity contribution >= 4 is 41.2 Å². The average Bonchev–Trinajstić information content (AvgIpc) is 3.34. The highest BCUT2D eigenvalue weighted by molar-refractivity contribution is 7.79. The number of pyridine rings is 2. The molecule has 4 aromatic rings. The van der Waals surface area contributed by atoms with Gasteiger partial charge in [0.2, 0.25) is 0 Å². The van der Waals surface area contributed by atoms with E-state index in [2.05, 4.69) is 33.3 Å². The Hall–Kier alpha value is -2.55. The van der Waals surface area contributed by atoms with Gasteiger partial charge >= 0.3 is 0 Å². The predicted molar refractivity (Wildman–Crippen MR) is 120 cm³/mol.